The van der Waals surface area contributed by atoms with E-state index in [2.05, 4.69) is 36.2 Å². The summed E-state index contributed by atoms with van der Waals surface area (Å²) in [5.74, 6) is -0.0349. The number of likely N-dealkylation sites (N-methyl/N-ethyl adjacent to an activating group) is 1. The van der Waals surface area contributed by atoms with Crippen molar-refractivity contribution in [1.82, 2.24) is 15.1 Å². The van der Waals surface area contributed by atoms with E-state index >= 15 is 0 Å². The topological polar surface area (TPSA) is 66.1 Å². The van der Waals surface area contributed by atoms with Crippen LogP contribution in [-0.4, -0.2) is 28.1 Å². The third-order valence-corrected chi connectivity index (χ3v) is 4.56. The van der Waals surface area contributed by atoms with Crippen LogP contribution in [0.5, 0.6) is 0 Å². The predicted molar refractivity (Wildman–Crippen MR) is 98.5 cm³/mol. The van der Waals surface area contributed by atoms with Gasteiger partial charge in [-0.3, -0.25) is 9.59 Å². The highest BCUT2D eigenvalue weighted by atomic mass is 16.2. The second-order valence-electron chi connectivity index (χ2n) is 6.34. The third-order valence-electron chi connectivity index (χ3n) is 4.56. The molecule has 1 heterocycles. The predicted octanol–water partition coefficient (Wildman–Crippen LogP) is 2.74. The molecule has 3 aromatic rings. The molecule has 0 aliphatic rings. The summed E-state index contributed by atoms with van der Waals surface area (Å²) in [4.78, 5) is 26.2. The van der Waals surface area contributed by atoms with Crippen molar-refractivity contribution in [2.24, 2.45) is 0 Å². The average Bonchev–Trinajstić information content (AvgIpc) is 2.60. The van der Waals surface area contributed by atoms with Gasteiger partial charge in [-0.2, -0.15) is 5.10 Å². The van der Waals surface area contributed by atoms with E-state index in [0.717, 1.165) is 10.9 Å². The highest BCUT2D eigenvalue weighted by Crippen LogP contribution is 2.17. The molecule has 0 fully saturated rings. The minimum absolute atomic E-state index is 0.0349. The van der Waals surface area contributed by atoms with Gasteiger partial charge in [0.15, 0.2) is 0 Å². The zero-order valence-corrected chi connectivity index (χ0v) is 14.7. The Morgan fingerprint density at radius 2 is 1.68 bits per heavy atom. The Hall–Kier alpha value is -2.95. The number of nitrogens with zero attached hydrogens (tertiary/aromatic N) is 2. The van der Waals surface area contributed by atoms with Crippen LogP contribution in [0.25, 0.3) is 10.8 Å². The maximum Gasteiger partial charge on any atom is 0.272 e. The Morgan fingerprint density at radius 1 is 1.04 bits per heavy atom. The van der Waals surface area contributed by atoms with Gasteiger partial charge in [0.1, 0.15) is 0 Å². The Bertz CT molecular complexity index is 971. The maximum atomic E-state index is 12.7. The fourth-order valence-electron chi connectivity index (χ4n) is 3.01. The fraction of sp³-hybridized carbons (Fsp3) is 0.250. The van der Waals surface area contributed by atoms with Gasteiger partial charge in [-0.05, 0) is 36.6 Å². The van der Waals surface area contributed by atoms with Crippen LogP contribution >= 0.6 is 0 Å². The van der Waals surface area contributed by atoms with Crippen LogP contribution < -0.4 is 5.56 Å². The van der Waals surface area contributed by atoms with Crippen molar-refractivity contribution in [3.05, 3.63) is 75.2 Å². The van der Waals surface area contributed by atoms with Gasteiger partial charge in [0.2, 0.25) is 5.91 Å². The van der Waals surface area contributed by atoms with Gasteiger partial charge in [-0.15, -0.1) is 0 Å². The molecule has 0 aliphatic carbocycles. The summed E-state index contributed by atoms with van der Waals surface area (Å²) in [5, 5.41) is 7.84. The Kier molecular flexibility index (Phi) is 4.65. The molecule has 5 heteroatoms. The van der Waals surface area contributed by atoms with E-state index in [1.807, 2.05) is 18.2 Å². The third kappa shape index (κ3) is 3.45. The first-order valence-corrected chi connectivity index (χ1v) is 8.22. The monoisotopic (exact) mass is 335 g/mol. The van der Waals surface area contributed by atoms with Gasteiger partial charge in [-0.1, -0.05) is 36.4 Å². The number of aromatic nitrogens is 2. The molecule has 0 saturated carbocycles. The molecule has 0 unspecified atom stereocenters. The van der Waals surface area contributed by atoms with Crippen molar-refractivity contribution in [3.63, 3.8) is 0 Å². The lowest BCUT2D eigenvalue weighted by atomic mass is 10.0. The van der Waals surface area contributed by atoms with Crippen molar-refractivity contribution in [1.29, 1.82) is 0 Å². The maximum absolute atomic E-state index is 12.7. The molecule has 128 valence electrons. The highest BCUT2D eigenvalue weighted by Gasteiger charge is 2.15. The molecule has 1 N–H and O–H groups in total. The number of H-pyrrole nitrogens is 1. The largest absolute Gasteiger partial charge is 0.341 e. The van der Waals surface area contributed by atoms with Crippen LogP contribution in [0.2, 0.25) is 0 Å². The summed E-state index contributed by atoms with van der Waals surface area (Å²) in [6.07, 6.45) is 0.152. The van der Waals surface area contributed by atoms with Gasteiger partial charge in [0.05, 0.1) is 17.5 Å². The molecule has 1 aromatic heterocycles. The lowest BCUT2D eigenvalue weighted by Crippen LogP contribution is -2.29. The molecule has 0 atom stereocenters. The van der Waals surface area contributed by atoms with E-state index in [1.165, 1.54) is 11.1 Å². The normalized spacial score (nSPS) is 10.8. The van der Waals surface area contributed by atoms with Gasteiger partial charge in [0.25, 0.3) is 5.56 Å². The standard InChI is InChI=1S/C20H21N3O2/c1-13-7-6-8-14(2)17(13)12-23(3)19(24)11-18-15-9-4-5-10-16(15)20(25)22-21-18/h4-10H,11-12H2,1-3H3,(H,22,25). The minimum Gasteiger partial charge on any atom is -0.341 e. The number of nitrogens with one attached hydrogen (secondary N) is 1. The lowest BCUT2D eigenvalue weighted by Gasteiger charge is -2.20. The number of fused-ring (bicyclic) bond motifs is 1. The molecule has 0 saturated heterocycles. The number of rotatable bonds is 4. The van der Waals surface area contributed by atoms with E-state index in [0.29, 0.717) is 17.6 Å². The smallest absolute Gasteiger partial charge is 0.272 e. The van der Waals surface area contributed by atoms with Crippen molar-refractivity contribution < 1.29 is 4.79 Å². The second-order valence-corrected chi connectivity index (χ2v) is 6.34. The van der Waals surface area contributed by atoms with E-state index in [9.17, 15) is 9.59 Å². The van der Waals surface area contributed by atoms with Gasteiger partial charge >= 0.3 is 0 Å². The number of carbonyl (C=O) groups excluding carboxylic acids is 1. The molecule has 0 aliphatic heterocycles. The van der Waals surface area contributed by atoms with Crippen LogP contribution in [-0.2, 0) is 17.8 Å². The average molecular weight is 335 g/mol. The summed E-state index contributed by atoms with van der Waals surface area (Å²) in [6.45, 7) is 4.66. The first-order valence-electron chi connectivity index (χ1n) is 8.22. The number of amides is 1. The molecule has 2 aromatic carbocycles. The summed E-state index contributed by atoms with van der Waals surface area (Å²) in [7, 11) is 1.79. The van der Waals surface area contributed by atoms with Crippen LogP contribution in [0.3, 0.4) is 0 Å². The first kappa shape index (κ1) is 16.9. The van der Waals surface area contributed by atoms with Gasteiger partial charge in [-0.25, -0.2) is 5.10 Å². The number of hydrogen-bond acceptors (Lipinski definition) is 3. The molecule has 3 rings (SSSR count). The number of aryl methyl sites for hydroxylation is 2. The van der Waals surface area contributed by atoms with Gasteiger partial charge in [0, 0.05) is 19.0 Å². The Balaban J connectivity index is 1.83. The van der Waals surface area contributed by atoms with E-state index < -0.39 is 0 Å². The van der Waals surface area contributed by atoms with Crippen molar-refractivity contribution in [3.8, 4) is 0 Å². The number of carbonyl (C=O) groups is 1. The molecule has 25 heavy (non-hydrogen) atoms. The fourth-order valence-corrected chi connectivity index (χ4v) is 3.01. The highest BCUT2D eigenvalue weighted by molar-refractivity contribution is 5.88. The lowest BCUT2D eigenvalue weighted by molar-refractivity contribution is -0.129. The number of benzene rings is 2. The second kappa shape index (κ2) is 6.89. The molecule has 0 spiro atoms. The zero-order chi connectivity index (χ0) is 18.0. The van der Waals surface area contributed by atoms with Crippen LogP contribution in [0.1, 0.15) is 22.4 Å². The SMILES string of the molecule is Cc1cccc(C)c1CN(C)C(=O)Cc1n[nH]c(=O)c2ccccc12. The minimum atomic E-state index is -0.240. The van der Waals surface area contributed by atoms with Crippen molar-refractivity contribution in [2.75, 3.05) is 7.05 Å². The first-order chi connectivity index (χ1) is 12.0. The summed E-state index contributed by atoms with van der Waals surface area (Å²) >= 11 is 0. The zero-order valence-electron chi connectivity index (χ0n) is 14.7. The molecular weight excluding hydrogens is 314 g/mol. The molecule has 1 amide bonds. The van der Waals surface area contributed by atoms with E-state index in [-0.39, 0.29) is 17.9 Å². The molecule has 5 nitrogen and oxygen atoms in total. The summed E-state index contributed by atoms with van der Waals surface area (Å²) < 4.78 is 0. The van der Waals surface area contributed by atoms with Crippen LogP contribution in [0.4, 0.5) is 0 Å². The molecular formula is C20H21N3O2. The molecule has 0 bridgehead atoms. The Labute approximate surface area is 146 Å². The summed E-state index contributed by atoms with van der Waals surface area (Å²) in [6, 6.07) is 13.3. The quantitative estimate of drug-likeness (QED) is 0.797. The Morgan fingerprint density at radius 3 is 2.36 bits per heavy atom. The summed E-state index contributed by atoms with van der Waals surface area (Å²) in [5.41, 5.74) is 3.86. The van der Waals surface area contributed by atoms with Crippen molar-refractivity contribution in [2.45, 2.75) is 26.8 Å². The van der Waals surface area contributed by atoms with Gasteiger partial charge < -0.3 is 4.90 Å². The van der Waals surface area contributed by atoms with Crippen molar-refractivity contribution >= 4 is 16.7 Å². The number of hydrogen-bond donors (Lipinski definition) is 1. The van der Waals surface area contributed by atoms with Crippen LogP contribution in [0.15, 0.2) is 47.3 Å². The molecule has 0 radical (unpaired) electrons. The van der Waals surface area contributed by atoms with Crippen LogP contribution in [0, 0.1) is 13.8 Å². The number of aromatic amines is 1. The van der Waals surface area contributed by atoms with E-state index in [1.54, 1.807) is 24.1 Å². The van der Waals surface area contributed by atoms with E-state index in [4.69, 9.17) is 0 Å².